The average Bonchev–Trinajstić information content (AvgIpc) is 2.60. The van der Waals surface area contributed by atoms with Gasteiger partial charge >= 0.3 is 5.69 Å². The molecular weight excluding hydrogens is 265 g/mol. The molecule has 0 amide bonds. The number of hydrogen-bond acceptors (Lipinski definition) is 3. The molecule has 1 N–H and O–H groups in total. The van der Waals surface area contributed by atoms with Crippen LogP contribution < -0.4 is 5.69 Å². The van der Waals surface area contributed by atoms with Gasteiger partial charge in [0.05, 0.1) is 0 Å². The van der Waals surface area contributed by atoms with E-state index in [0.717, 1.165) is 0 Å². The summed E-state index contributed by atoms with van der Waals surface area (Å²) in [5, 5.41) is 6.99. The van der Waals surface area contributed by atoms with Gasteiger partial charge in [-0.2, -0.15) is 0 Å². The van der Waals surface area contributed by atoms with E-state index in [1.54, 1.807) is 19.2 Å². The molecule has 1 aromatic carbocycles. The number of aromatic amines is 1. The lowest BCUT2D eigenvalue weighted by Crippen LogP contribution is -2.12. The van der Waals surface area contributed by atoms with Gasteiger partial charge < -0.3 is 0 Å². The minimum absolute atomic E-state index is 0.299. The Balaban J connectivity index is 2.18. The fraction of sp³-hybridized carbons (Fsp3) is 0.200. The highest BCUT2D eigenvalue weighted by atomic mass is 35.5. The summed E-state index contributed by atoms with van der Waals surface area (Å²) in [4.78, 5) is 11.1. The van der Waals surface area contributed by atoms with Gasteiger partial charge in [-0.25, -0.2) is 14.3 Å². The van der Waals surface area contributed by atoms with Gasteiger partial charge in [-0.1, -0.05) is 29.4 Å². The van der Waals surface area contributed by atoms with Crippen LogP contribution in [0.15, 0.2) is 28.2 Å². The molecule has 0 bridgehead atoms. The number of benzene rings is 1. The topological polar surface area (TPSA) is 50.7 Å². The third-order valence-corrected chi connectivity index (χ3v) is 3.66. The van der Waals surface area contributed by atoms with Crippen molar-refractivity contribution in [3.05, 3.63) is 45.1 Å². The lowest BCUT2D eigenvalue weighted by atomic mass is 10.2. The average molecular weight is 274 g/mol. The zero-order valence-electron chi connectivity index (χ0n) is 8.91. The molecule has 0 aliphatic rings. The Bertz CT molecular complexity index is 575. The van der Waals surface area contributed by atoms with Crippen LogP contribution in [0.3, 0.4) is 0 Å². The van der Waals surface area contributed by atoms with Crippen LogP contribution in [-0.2, 0) is 12.8 Å². The zero-order chi connectivity index (χ0) is 12.4. The van der Waals surface area contributed by atoms with Crippen molar-refractivity contribution in [1.29, 1.82) is 0 Å². The van der Waals surface area contributed by atoms with Crippen LogP contribution in [0.25, 0.3) is 0 Å². The second-order valence-corrected chi connectivity index (χ2v) is 4.71. The SMILES string of the molecule is Cn1c(SCc2c(F)cccc2Cl)n[nH]c1=O. The quantitative estimate of drug-likeness (QED) is 0.872. The third kappa shape index (κ3) is 2.53. The summed E-state index contributed by atoms with van der Waals surface area (Å²) in [5.74, 6) is -0.0329. The lowest BCUT2D eigenvalue weighted by molar-refractivity contribution is 0.617. The van der Waals surface area contributed by atoms with Crippen LogP contribution in [0.1, 0.15) is 5.56 Å². The molecule has 7 heteroatoms. The minimum atomic E-state index is -0.356. The van der Waals surface area contributed by atoms with Crippen molar-refractivity contribution in [1.82, 2.24) is 14.8 Å². The molecule has 0 aliphatic carbocycles. The number of nitrogens with zero attached hydrogens (tertiary/aromatic N) is 2. The predicted octanol–water partition coefficient (Wildman–Crippen LogP) is 2.19. The molecule has 0 spiro atoms. The van der Waals surface area contributed by atoms with E-state index >= 15 is 0 Å². The molecule has 90 valence electrons. The maximum Gasteiger partial charge on any atom is 0.343 e. The van der Waals surface area contributed by atoms with E-state index in [0.29, 0.717) is 21.5 Å². The highest BCUT2D eigenvalue weighted by molar-refractivity contribution is 7.98. The standard InChI is InChI=1S/C10H9ClFN3OS/c1-15-9(16)13-14-10(15)17-5-6-7(11)3-2-4-8(6)12/h2-4H,5H2,1H3,(H,13,16). The van der Waals surface area contributed by atoms with Gasteiger partial charge in [0.15, 0.2) is 5.16 Å². The van der Waals surface area contributed by atoms with E-state index in [-0.39, 0.29) is 11.5 Å². The molecule has 0 atom stereocenters. The van der Waals surface area contributed by atoms with Crippen LogP contribution in [0.5, 0.6) is 0 Å². The number of rotatable bonds is 3. The molecular formula is C10H9ClFN3OS. The number of halogens is 2. The van der Waals surface area contributed by atoms with Crippen LogP contribution in [0, 0.1) is 5.82 Å². The fourth-order valence-electron chi connectivity index (χ4n) is 1.27. The van der Waals surface area contributed by atoms with Crippen molar-refractivity contribution >= 4 is 23.4 Å². The Morgan fingerprint density at radius 3 is 2.94 bits per heavy atom. The summed E-state index contributed by atoms with van der Waals surface area (Å²) >= 11 is 7.14. The predicted molar refractivity (Wildman–Crippen MR) is 64.8 cm³/mol. The maximum atomic E-state index is 13.5. The molecule has 1 aromatic heterocycles. The molecule has 4 nitrogen and oxygen atoms in total. The normalized spacial score (nSPS) is 10.8. The van der Waals surface area contributed by atoms with Gasteiger partial charge in [-0.3, -0.25) is 4.57 Å². The largest absolute Gasteiger partial charge is 0.343 e. The number of nitrogens with one attached hydrogen (secondary N) is 1. The van der Waals surface area contributed by atoms with E-state index in [2.05, 4.69) is 10.2 Å². The molecule has 1 heterocycles. The van der Waals surface area contributed by atoms with E-state index < -0.39 is 0 Å². The first-order chi connectivity index (χ1) is 8.09. The summed E-state index contributed by atoms with van der Waals surface area (Å²) in [5.41, 5.74) is 0.113. The molecule has 0 aliphatic heterocycles. The van der Waals surface area contributed by atoms with Crippen molar-refractivity contribution in [2.24, 2.45) is 7.05 Å². The number of thioether (sulfide) groups is 1. The molecule has 0 saturated carbocycles. The van der Waals surface area contributed by atoms with Crippen LogP contribution >= 0.6 is 23.4 Å². The maximum absolute atomic E-state index is 13.5. The van der Waals surface area contributed by atoms with Crippen LogP contribution in [0.2, 0.25) is 5.02 Å². The van der Waals surface area contributed by atoms with Crippen LogP contribution in [0.4, 0.5) is 4.39 Å². The first-order valence-electron chi connectivity index (χ1n) is 4.76. The molecule has 0 saturated heterocycles. The Labute approximate surface area is 106 Å². The third-order valence-electron chi connectivity index (χ3n) is 2.25. The monoisotopic (exact) mass is 273 g/mol. The van der Waals surface area contributed by atoms with E-state index in [4.69, 9.17) is 11.6 Å². The minimum Gasteiger partial charge on any atom is -0.273 e. The molecule has 0 fully saturated rings. The summed E-state index contributed by atoms with van der Waals surface area (Å²) in [6.07, 6.45) is 0. The Hall–Kier alpha value is -1.27. The molecule has 2 rings (SSSR count). The molecule has 2 aromatic rings. The van der Waals surface area contributed by atoms with Gasteiger partial charge in [-0.05, 0) is 12.1 Å². The van der Waals surface area contributed by atoms with Gasteiger partial charge in [0.1, 0.15) is 5.82 Å². The molecule has 0 unspecified atom stereocenters. The van der Waals surface area contributed by atoms with Crippen molar-refractivity contribution in [3.63, 3.8) is 0 Å². The second kappa shape index (κ2) is 4.93. The second-order valence-electron chi connectivity index (χ2n) is 3.36. The highest BCUT2D eigenvalue weighted by Crippen LogP contribution is 2.26. The smallest absolute Gasteiger partial charge is 0.273 e. The lowest BCUT2D eigenvalue weighted by Gasteiger charge is -2.04. The van der Waals surface area contributed by atoms with E-state index in [1.165, 1.54) is 22.4 Å². The van der Waals surface area contributed by atoms with Crippen molar-refractivity contribution < 1.29 is 4.39 Å². The van der Waals surface area contributed by atoms with E-state index in [9.17, 15) is 9.18 Å². The molecule has 17 heavy (non-hydrogen) atoms. The van der Waals surface area contributed by atoms with Crippen molar-refractivity contribution in [2.45, 2.75) is 10.9 Å². The fourth-order valence-corrected chi connectivity index (χ4v) is 2.53. The Morgan fingerprint density at radius 2 is 2.35 bits per heavy atom. The van der Waals surface area contributed by atoms with Gasteiger partial charge in [-0.15, -0.1) is 5.10 Å². The first-order valence-corrected chi connectivity index (χ1v) is 6.13. The van der Waals surface area contributed by atoms with Gasteiger partial charge in [0, 0.05) is 23.4 Å². The summed E-state index contributed by atoms with van der Waals surface area (Å²) in [7, 11) is 1.59. The first kappa shape index (κ1) is 12.2. The number of H-pyrrole nitrogens is 1. The van der Waals surface area contributed by atoms with Gasteiger partial charge in [0.2, 0.25) is 0 Å². The van der Waals surface area contributed by atoms with Crippen LogP contribution in [-0.4, -0.2) is 14.8 Å². The summed E-state index contributed by atoms with van der Waals surface area (Å²) < 4.78 is 14.8. The van der Waals surface area contributed by atoms with Crippen molar-refractivity contribution in [2.75, 3.05) is 0 Å². The van der Waals surface area contributed by atoms with Crippen molar-refractivity contribution in [3.8, 4) is 0 Å². The summed E-state index contributed by atoms with van der Waals surface area (Å²) in [6, 6.07) is 4.53. The Morgan fingerprint density at radius 1 is 1.59 bits per heavy atom. The zero-order valence-corrected chi connectivity index (χ0v) is 10.5. The Kier molecular flexibility index (Phi) is 3.54. The van der Waals surface area contributed by atoms with E-state index in [1.807, 2.05) is 0 Å². The number of hydrogen-bond donors (Lipinski definition) is 1. The molecule has 0 radical (unpaired) electrons. The van der Waals surface area contributed by atoms with Gasteiger partial charge in [0.25, 0.3) is 0 Å². The highest BCUT2D eigenvalue weighted by Gasteiger charge is 2.10. The summed E-state index contributed by atoms with van der Waals surface area (Å²) in [6.45, 7) is 0. The number of aromatic nitrogens is 3.